The maximum Gasteiger partial charge on any atom is 0.344 e. The monoisotopic (exact) mass is 519 g/mol. The minimum Gasteiger partial charge on any atom is -0.481 e. The second-order valence-electron chi connectivity index (χ2n) is 7.31. The van der Waals surface area contributed by atoms with Crippen molar-refractivity contribution in [1.82, 2.24) is 9.66 Å². The van der Waals surface area contributed by atoms with Crippen LogP contribution >= 0.6 is 27.5 Å². The second-order valence-corrected chi connectivity index (χ2v) is 8.66. The molecular formula is C23H23BrClN3O4. The fraction of sp³-hybridized carbons (Fsp3) is 0.304. The number of benzene rings is 2. The average molecular weight is 521 g/mol. The molecule has 168 valence electrons. The number of halogens is 2. The van der Waals surface area contributed by atoms with E-state index in [9.17, 15) is 9.59 Å². The van der Waals surface area contributed by atoms with Gasteiger partial charge in [0.25, 0.3) is 5.56 Å². The zero-order chi connectivity index (χ0) is 23.3. The molecule has 32 heavy (non-hydrogen) atoms. The summed E-state index contributed by atoms with van der Waals surface area (Å²) >= 11 is 9.54. The van der Waals surface area contributed by atoms with E-state index >= 15 is 0 Å². The van der Waals surface area contributed by atoms with E-state index in [1.807, 2.05) is 13.0 Å². The minimum atomic E-state index is -0.483. The molecule has 0 saturated carbocycles. The Morgan fingerprint density at radius 3 is 2.78 bits per heavy atom. The molecule has 0 unspecified atom stereocenters. The van der Waals surface area contributed by atoms with Crippen molar-refractivity contribution in [3.63, 3.8) is 0 Å². The molecule has 0 spiro atoms. The summed E-state index contributed by atoms with van der Waals surface area (Å²) < 4.78 is 12.8. The third kappa shape index (κ3) is 5.95. The van der Waals surface area contributed by atoms with Crippen LogP contribution in [0.25, 0.3) is 10.9 Å². The molecule has 1 aromatic heterocycles. The third-order valence-corrected chi connectivity index (χ3v) is 5.07. The van der Waals surface area contributed by atoms with Crippen LogP contribution in [-0.4, -0.2) is 34.6 Å². The lowest BCUT2D eigenvalue weighted by Gasteiger charge is -2.12. The molecule has 2 aromatic carbocycles. The van der Waals surface area contributed by atoms with Gasteiger partial charge in [-0.2, -0.15) is 9.78 Å². The maximum absolute atomic E-state index is 13.1. The summed E-state index contributed by atoms with van der Waals surface area (Å²) in [5, 5.41) is 5.32. The van der Waals surface area contributed by atoms with Gasteiger partial charge in [0, 0.05) is 21.5 Å². The SMILES string of the molecule is CCCc1nc2ccc(Br)cc2c(=O)n1N=Cc1cc(Cl)ccc1OCC(=O)OC(C)C. The van der Waals surface area contributed by atoms with Gasteiger partial charge in [-0.25, -0.2) is 9.78 Å². The van der Waals surface area contributed by atoms with Gasteiger partial charge in [0.2, 0.25) is 0 Å². The first-order valence-electron chi connectivity index (χ1n) is 10.2. The van der Waals surface area contributed by atoms with Gasteiger partial charge in [-0.1, -0.05) is 34.5 Å². The Morgan fingerprint density at radius 1 is 1.28 bits per heavy atom. The standard InChI is InChI=1S/C23H23BrClN3O4/c1-4-5-21-27-19-8-6-16(24)11-18(19)23(30)28(21)26-12-15-10-17(25)7-9-20(15)31-13-22(29)32-14(2)3/h6-12,14H,4-5,13H2,1-3H3. The number of aryl methyl sites for hydroxylation is 1. The van der Waals surface area contributed by atoms with Crippen molar-refractivity contribution in [1.29, 1.82) is 0 Å². The highest BCUT2D eigenvalue weighted by Crippen LogP contribution is 2.22. The minimum absolute atomic E-state index is 0.235. The van der Waals surface area contributed by atoms with Crippen LogP contribution in [0, 0.1) is 0 Å². The first-order chi connectivity index (χ1) is 15.3. The van der Waals surface area contributed by atoms with Gasteiger partial charge in [0.1, 0.15) is 11.6 Å². The van der Waals surface area contributed by atoms with E-state index in [0.29, 0.717) is 39.5 Å². The first kappa shape index (κ1) is 23.9. The van der Waals surface area contributed by atoms with Crippen LogP contribution in [-0.2, 0) is 16.0 Å². The Kier molecular flexibility index (Phi) is 8.04. The Morgan fingerprint density at radius 2 is 2.06 bits per heavy atom. The van der Waals surface area contributed by atoms with E-state index in [-0.39, 0.29) is 18.3 Å². The van der Waals surface area contributed by atoms with Crippen molar-refractivity contribution in [2.75, 3.05) is 6.61 Å². The third-order valence-electron chi connectivity index (χ3n) is 4.35. The highest BCUT2D eigenvalue weighted by atomic mass is 79.9. The van der Waals surface area contributed by atoms with Crippen molar-refractivity contribution in [3.05, 3.63) is 67.6 Å². The van der Waals surface area contributed by atoms with Gasteiger partial charge in [0.15, 0.2) is 6.61 Å². The highest BCUT2D eigenvalue weighted by Gasteiger charge is 2.12. The van der Waals surface area contributed by atoms with Crippen LogP contribution < -0.4 is 10.3 Å². The number of ether oxygens (including phenoxy) is 2. The van der Waals surface area contributed by atoms with Gasteiger partial charge < -0.3 is 9.47 Å². The van der Waals surface area contributed by atoms with E-state index in [1.165, 1.54) is 10.9 Å². The van der Waals surface area contributed by atoms with Crippen LogP contribution in [0.3, 0.4) is 0 Å². The van der Waals surface area contributed by atoms with E-state index in [0.717, 1.165) is 10.9 Å². The molecule has 0 fully saturated rings. The quantitative estimate of drug-likeness (QED) is 0.309. The van der Waals surface area contributed by atoms with Gasteiger partial charge in [-0.15, -0.1) is 0 Å². The number of aromatic nitrogens is 2. The van der Waals surface area contributed by atoms with Crippen molar-refractivity contribution in [2.45, 2.75) is 39.7 Å². The fourth-order valence-electron chi connectivity index (χ4n) is 3.00. The Labute approximate surface area is 199 Å². The lowest BCUT2D eigenvalue weighted by molar-refractivity contribution is -0.149. The van der Waals surface area contributed by atoms with E-state index in [2.05, 4.69) is 26.0 Å². The largest absolute Gasteiger partial charge is 0.481 e. The molecule has 0 aliphatic heterocycles. The summed E-state index contributed by atoms with van der Waals surface area (Å²) in [6.07, 6.45) is 2.62. The number of hydrogen-bond acceptors (Lipinski definition) is 6. The molecule has 3 rings (SSSR count). The molecule has 0 saturated heterocycles. The summed E-state index contributed by atoms with van der Waals surface area (Å²) in [6, 6.07) is 10.3. The average Bonchev–Trinajstić information content (AvgIpc) is 2.73. The molecule has 0 amide bonds. The molecule has 3 aromatic rings. The zero-order valence-electron chi connectivity index (χ0n) is 18.0. The van der Waals surface area contributed by atoms with Crippen LogP contribution in [0.4, 0.5) is 0 Å². The first-order valence-corrected chi connectivity index (χ1v) is 11.3. The van der Waals surface area contributed by atoms with Gasteiger partial charge in [-0.05, 0) is 56.7 Å². The maximum atomic E-state index is 13.1. The zero-order valence-corrected chi connectivity index (χ0v) is 20.3. The van der Waals surface area contributed by atoms with Gasteiger partial charge in [-0.3, -0.25) is 4.79 Å². The second kappa shape index (κ2) is 10.7. The molecule has 0 N–H and O–H groups in total. The molecule has 0 radical (unpaired) electrons. The predicted octanol–water partition coefficient (Wildman–Crippen LogP) is 4.98. The Balaban J connectivity index is 1.99. The smallest absolute Gasteiger partial charge is 0.344 e. The van der Waals surface area contributed by atoms with E-state index < -0.39 is 5.97 Å². The number of rotatable bonds is 8. The molecule has 0 atom stereocenters. The number of nitrogens with zero attached hydrogens (tertiary/aromatic N) is 3. The molecule has 0 aliphatic carbocycles. The predicted molar refractivity (Wildman–Crippen MR) is 129 cm³/mol. The van der Waals surface area contributed by atoms with E-state index in [4.69, 9.17) is 21.1 Å². The number of hydrogen-bond donors (Lipinski definition) is 0. The summed E-state index contributed by atoms with van der Waals surface area (Å²) in [5.41, 5.74) is 0.850. The summed E-state index contributed by atoms with van der Waals surface area (Å²) in [6.45, 7) is 5.28. The molecular weight excluding hydrogens is 498 g/mol. The number of fused-ring (bicyclic) bond motifs is 1. The number of esters is 1. The van der Waals surface area contributed by atoms with Gasteiger partial charge in [0.05, 0.1) is 23.2 Å². The molecule has 9 heteroatoms. The van der Waals surface area contributed by atoms with Crippen LogP contribution in [0.15, 0.2) is 50.8 Å². The molecule has 0 bridgehead atoms. The Hall–Kier alpha value is -2.71. The molecule has 0 aliphatic rings. The summed E-state index contributed by atoms with van der Waals surface area (Å²) in [7, 11) is 0. The molecule has 1 heterocycles. The molecule has 7 nitrogen and oxygen atoms in total. The summed E-state index contributed by atoms with van der Waals surface area (Å²) in [4.78, 5) is 29.6. The fourth-order valence-corrected chi connectivity index (χ4v) is 3.55. The van der Waals surface area contributed by atoms with Crippen molar-refractivity contribution in [3.8, 4) is 5.75 Å². The van der Waals surface area contributed by atoms with Gasteiger partial charge >= 0.3 is 5.97 Å². The van der Waals surface area contributed by atoms with Crippen molar-refractivity contribution in [2.24, 2.45) is 5.10 Å². The van der Waals surface area contributed by atoms with Crippen LogP contribution in [0.5, 0.6) is 5.75 Å². The highest BCUT2D eigenvalue weighted by molar-refractivity contribution is 9.10. The van der Waals surface area contributed by atoms with Crippen LogP contribution in [0.1, 0.15) is 38.6 Å². The van der Waals surface area contributed by atoms with E-state index in [1.54, 1.807) is 44.2 Å². The summed E-state index contributed by atoms with van der Waals surface area (Å²) in [5.74, 6) is 0.456. The lowest BCUT2D eigenvalue weighted by Crippen LogP contribution is -2.22. The normalized spacial score (nSPS) is 11.4. The number of carbonyl (C=O) groups is 1. The topological polar surface area (TPSA) is 82.8 Å². The Bertz CT molecular complexity index is 1220. The van der Waals surface area contributed by atoms with Crippen molar-refractivity contribution < 1.29 is 14.3 Å². The lowest BCUT2D eigenvalue weighted by atomic mass is 10.2. The number of carbonyl (C=O) groups excluding carboxylic acids is 1. The van der Waals surface area contributed by atoms with Crippen LogP contribution in [0.2, 0.25) is 5.02 Å². The van der Waals surface area contributed by atoms with Crippen molar-refractivity contribution >= 4 is 50.6 Å².